The molecule has 0 bridgehead atoms. The van der Waals surface area contributed by atoms with Crippen molar-refractivity contribution in [1.29, 1.82) is 0 Å². The normalized spacial score (nSPS) is 11.1. The van der Waals surface area contributed by atoms with E-state index in [2.05, 4.69) is 21.2 Å². The van der Waals surface area contributed by atoms with Gasteiger partial charge in [0.2, 0.25) is 0 Å². The molecule has 0 aromatic heterocycles. The molecule has 0 heterocycles. The lowest BCUT2D eigenvalue weighted by atomic mass is 10.0. The molecule has 0 saturated heterocycles. The average molecular weight is 410 g/mol. The summed E-state index contributed by atoms with van der Waals surface area (Å²) in [6.45, 7) is 5.01. The molecule has 25 heavy (non-hydrogen) atoms. The minimum atomic E-state index is -1.48. The van der Waals surface area contributed by atoms with Crippen molar-refractivity contribution in [2.45, 2.75) is 26.4 Å². The number of carboxylic acid groups (broad SMARTS) is 1. The Morgan fingerprint density at radius 3 is 2.40 bits per heavy atom. The van der Waals surface area contributed by atoms with Crippen LogP contribution in [0.25, 0.3) is 11.1 Å². The number of benzene rings is 2. The lowest BCUT2D eigenvalue weighted by molar-refractivity contribution is 0.0636. The van der Waals surface area contributed by atoms with Crippen molar-refractivity contribution in [3.8, 4) is 11.1 Å². The van der Waals surface area contributed by atoms with E-state index in [4.69, 9.17) is 4.74 Å². The van der Waals surface area contributed by atoms with Gasteiger partial charge in [-0.2, -0.15) is 0 Å². The first-order valence-electron chi connectivity index (χ1n) is 7.39. The zero-order valence-electron chi connectivity index (χ0n) is 13.9. The largest absolute Gasteiger partial charge is 0.478 e. The van der Waals surface area contributed by atoms with Gasteiger partial charge in [0, 0.05) is 4.47 Å². The molecule has 2 N–H and O–H groups in total. The van der Waals surface area contributed by atoms with E-state index in [9.17, 15) is 19.1 Å². The first-order valence-corrected chi connectivity index (χ1v) is 8.19. The zero-order valence-corrected chi connectivity index (χ0v) is 15.5. The second-order valence-corrected chi connectivity index (χ2v) is 7.24. The number of carbonyl (C=O) groups is 2. The summed E-state index contributed by atoms with van der Waals surface area (Å²) < 4.78 is 20.2. The second kappa shape index (κ2) is 7.23. The maximum atomic E-state index is 14.4. The summed E-state index contributed by atoms with van der Waals surface area (Å²) in [6.07, 6.45) is -0.860. The quantitative estimate of drug-likeness (QED) is 0.720. The number of halogens is 2. The van der Waals surface area contributed by atoms with Gasteiger partial charge in [-0.3, -0.25) is 5.32 Å². The molecule has 0 atom stereocenters. The van der Waals surface area contributed by atoms with Crippen LogP contribution in [0.3, 0.4) is 0 Å². The van der Waals surface area contributed by atoms with Gasteiger partial charge < -0.3 is 9.84 Å². The van der Waals surface area contributed by atoms with Crippen LogP contribution < -0.4 is 5.32 Å². The zero-order chi connectivity index (χ0) is 18.8. The van der Waals surface area contributed by atoms with E-state index < -0.39 is 29.0 Å². The van der Waals surface area contributed by atoms with E-state index in [0.29, 0.717) is 11.1 Å². The van der Waals surface area contributed by atoms with Gasteiger partial charge in [0.1, 0.15) is 17.0 Å². The number of carboxylic acids is 1. The molecule has 0 fully saturated rings. The number of amides is 1. The maximum absolute atomic E-state index is 14.4. The highest BCUT2D eigenvalue weighted by molar-refractivity contribution is 9.10. The minimum absolute atomic E-state index is 0.170. The highest BCUT2D eigenvalue weighted by Crippen LogP contribution is 2.30. The Morgan fingerprint density at radius 2 is 1.84 bits per heavy atom. The van der Waals surface area contributed by atoms with Crippen molar-refractivity contribution in [1.82, 2.24) is 0 Å². The fourth-order valence-electron chi connectivity index (χ4n) is 2.17. The lowest BCUT2D eigenvalue weighted by Crippen LogP contribution is -2.28. The molecule has 7 heteroatoms. The van der Waals surface area contributed by atoms with Crippen molar-refractivity contribution < 1.29 is 23.8 Å². The Hall–Kier alpha value is -2.41. The molecular weight excluding hydrogens is 393 g/mol. The van der Waals surface area contributed by atoms with Crippen molar-refractivity contribution in [3.05, 3.63) is 52.3 Å². The lowest BCUT2D eigenvalue weighted by Gasteiger charge is -2.20. The van der Waals surface area contributed by atoms with E-state index >= 15 is 0 Å². The molecule has 1 amide bonds. The van der Waals surface area contributed by atoms with Gasteiger partial charge in [-0.25, -0.2) is 14.0 Å². The van der Waals surface area contributed by atoms with Gasteiger partial charge in [-0.05, 0) is 56.2 Å². The Labute approximate surface area is 152 Å². The van der Waals surface area contributed by atoms with Crippen LogP contribution in [0.2, 0.25) is 0 Å². The molecule has 2 rings (SSSR count). The molecule has 0 unspecified atom stereocenters. The van der Waals surface area contributed by atoms with E-state index in [-0.39, 0.29) is 5.69 Å². The number of anilines is 1. The number of carbonyl (C=O) groups excluding carboxylic acids is 1. The summed E-state index contributed by atoms with van der Waals surface area (Å²) in [4.78, 5) is 23.3. The van der Waals surface area contributed by atoms with Gasteiger partial charge in [-0.15, -0.1) is 0 Å². The Kier molecular flexibility index (Phi) is 5.47. The van der Waals surface area contributed by atoms with Gasteiger partial charge in [0.15, 0.2) is 0 Å². The number of hydrogen-bond donors (Lipinski definition) is 2. The molecule has 0 aliphatic rings. The smallest absolute Gasteiger partial charge is 0.412 e. The molecule has 0 saturated carbocycles. The number of hydrogen-bond acceptors (Lipinski definition) is 3. The van der Waals surface area contributed by atoms with E-state index in [1.165, 1.54) is 6.07 Å². The molecule has 0 spiro atoms. The summed E-state index contributed by atoms with van der Waals surface area (Å²) in [5.74, 6) is -2.43. The van der Waals surface area contributed by atoms with Crippen LogP contribution in [-0.4, -0.2) is 22.8 Å². The van der Waals surface area contributed by atoms with Gasteiger partial charge >= 0.3 is 12.1 Å². The summed E-state index contributed by atoms with van der Waals surface area (Å²) in [7, 11) is 0. The SMILES string of the molecule is CC(C)(C)OC(=O)Nc1cc(-c2cccc(Br)c2)cc(F)c1C(=O)O. The van der Waals surface area contributed by atoms with Gasteiger partial charge in [0.05, 0.1) is 5.69 Å². The second-order valence-electron chi connectivity index (χ2n) is 6.32. The number of nitrogens with one attached hydrogen (secondary N) is 1. The number of rotatable bonds is 3. The summed E-state index contributed by atoms with van der Waals surface area (Å²) in [5, 5.41) is 11.6. The molecule has 0 aliphatic heterocycles. The number of ether oxygens (including phenoxy) is 1. The molecular formula is C18H17BrFNO4. The maximum Gasteiger partial charge on any atom is 0.412 e. The summed E-state index contributed by atoms with van der Waals surface area (Å²) in [6, 6.07) is 9.60. The first-order chi connectivity index (χ1) is 11.6. The monoisotopic (exact) mass is 409 g/mol. The van der Waals surface area contributed by atoms with Crippen LogP contribution in [0.4, 0.5) is 14.9 Å². The Morgan fingerprint density at radius 1 is 1.16 bits per heavy atom. The fourth-order valence-corrected chi connectivity index (χ4v) is 2.57. The minimum Gasteiger partial charge on any atom is -0.478 e. The van der Waals surface area contributed by atoms with Crippen molar-refractivity contribution in [3.63, 3.8) is 0 Å². The van der Waals surface area contributed by atoms with Crippen LogP contribution in [-0.2, 0) is 4.74 Å². The van der Waals surface area contributed by atoms with Crippen molar-refractivity contribution >= 4 is 33.7 Å². The Balaban J connectivity index is 2.48. The topological polar surface area (TPSA) is 75.6 Å². The third-order valence-corrected chi connectivity index (χ3v) is 3.59. The predicted molar refractivity (Wildman–Crippen MR) is 96.4 cm³/mol. The van der Waals surface area contributed by atoms with E-state index in [0.717, 1.165) is 10.5 Å². The highest BCUT2D eigenvalue weighted by Gasteiger charge is 2.22. The standard InChI is InChI=1S/C18H17BrFNO4/c1-18(2,3)25-17(24)21-14-9-11(8-13(20)15(14)16(22)23)10-5-4-6-12(19)7-10/h4-9H,1-3H3,(H,21,24)(H,22,23). The fraction of sp³-hybridized carbons (Fsp3) is 0.222. The number of aromatic carboxylic acids is 1. The third kappa shape index (κ3) is 5.03. The van der Waals surface area contributed by atoms with Crippen molar-refractivity contribution in [2.75, 3.05) is 5.32 Å². The summed E-state index contributed by atoms with van der Waals surface area (Å²) >= 11 is 3.33. The molecule has 2 aromatic carbocycles. The molecule has 2 aromatic rings. The van der Waals surface area contributed by atoms with Crippen LogP contribution in [0.1, 0.15) is 31.1 Å². The van der Waals surface area contributed by atoms with Crippen LogP contribution >= 0.6 is 15.9 Å². The van der Waals surface area contributed by atoms with Crippen LogP contribution in [0, 0.1) is 5.82 Å². The predicted octanol–water partition coefficient (Wildman–Crippen LogP) is 5.30. The molecule has 0 radical (unpaired) electrons. The van der Waals surface area contributed by atoms with Gasteiger partial charge in [0.25, 0.3) is 0 Å². The first kappa shape index (κ1) is 18.9. The van der Waals surface area contributed by atoms with Crippen LogP contribution in [0.15, 0.2) is 40.9 Å². The third-order valence-electron chi connectivity index (χ3n) is 3.10. The Bertz CT molecular complexity index is 830. The molecule has 0 aliphatic carbocycles. The van der Waals surface area contributed by atoms with Crippen LogP contribution in [0.5, 0.6) is 0 Å². The van der Waals surface area contributed by atoms with E-state index in [1.54, 1.807) is 39.0 Å². The van der Waals surface area contributed by atoms with Crippen molar-refractivity contribution in [2.24, 2.45) is 0 Å². The summed E-state index contributed by atoms with van der Waals surface area (Å²) in [5.41, 5.74) is -0.470. The highest BCUT2D eigenvalue weighted by atomic mass is 79.9. The van der Waals surface area contributed by atoms with E-state index in [1.807, 2.05) is 6.07 Å². The molecule has 132 valence electrons. The average Bonchev–Trinajstić information content (AvgIpc) is 2.44. The van der Waals surface area contributed by atoms with Gasteiger partial charge in [-0.1, -0.05) is 28.1 Å². The molecule has 5 nitrogen and oxygen atoms in total.